The summed E-state index contributed by atoms with van der Waals surface area (Å²) in [5.74, 6) is -0.537. The van der Waals surface area contributed by atoms with Crippen LogP contribution < -0.4 is 10.7 Å². The number of aryl methyl sites for hydroxylation is 1. The molecular weight excluding hydrogens is 287 g/mol. The highest BCUT2D eigenvalue weighted by Gasteiger charge is 2.12. The number of benzene rings is 1. The van der Waals surface area contributed by atoms with Gasteiger partial charge < -0.3 is 10.3 Å². The summed E-state index contributed by atoms with van der Waals surface area (Å²) in [5, 5.41) is 3.34. The summed E-state index contributed by atoms with van der Waals surface area (Å²) in [6, 6.07) is 6.05. The minimum Gasteiger partial charge on any atom is -0.364 e. The molecule has 0 unspecified atom stereocenters. The topological polar surface area (TPSA) is 62.0 Å². The Bertz CT molecular complexity index is 695. The number of anilines is 1. The number of aromatic nitrogens is 1. The summed E-state index contributed by atoms with van der Waals surface area (Å²) in [6.07, 6.45) is 1.37. The fourth-order valence-electron chi connectivity index (χ4n) is 1.53. The number of carbonyl (C=O) groups is 1. The van der Waals surface area contributed by atoms with Gasteiger partial charge in [0, 0.05) is 23.0 Å². The van der Waals surface area contributed by atoms with E-state index in [1.165, 1.54) is 18.3 Å². The monoisotopic (exact) mass is 296 g/mol. The smallest absolute Gasteiger partial charge is 0.261 e. The Hall–Kier alpha value is -1.78. The Balaban J connectivity index is 2.31. The van der Waals surface area contributed by atoms with Gasteiger partial charge in [-0.05, 0) is 25.1 Å². The first-order valence-electron chi connectivity index (χ1n) is 5.43. The number of pyridine rings is 1. The molecule has 2 aromatic rings. The first kappa shape index (κ1) is 13.6. The lowest BCUT2D eigenvalue weighted by Gasteiger charge is -2.07. The lowest BCUT2D eigenvalue weighted by atomic mass is 10.2. The number of nitrogens with one attached hydrogen (secondary N) is 2. The predicted octanol–water partition coefficient (Wildman–Crippen LogP) is 3.24. The van der Waals surface area contributed by atoms with E-state index in [0.717, 1.165) is 0 Å². The van der Waals surface area contributed by atoms with Crippen molar-refractivity contribution in [1.82, 2.24) is 4.98 Å². The lowest BCUT2D eigenvalue weighted by molar-refractivity contribution is 0.102. The van der Waals surface area contributed by atoms with Crippen molar-refractivity contribution in [3.8, 4) is 0 Å². The Morgan fingerprint density at radius 3 is 2.68 bits per heavy atom. The normalized spacial score (nSPS) is 10.3. The zero-order valence-electron chi connectivity index (χ0n) is 9.96. The number of aromatic amines is 1. The van der Waals surface area contributed by atoms with E-state index in [4.69, 9.17) is 23.2 Å². The van der Waals surface area contributed by atoms with Gasteiger partial charge in [-0.25, -0.2) is 0 Å². The number of halogens is 2. The number of hydrogen-bond acceptors (Lipinski definition) is 2. The highest BCUT2D eigenvalue weighted by Crippen LogP contribution is 2.25. The molecule has 0 atom stereocenters. The molecule has 0 aliphatic heterocycles. The van der Waals surface area contributed by atoms with Crippen LogP contribution in [0.25, 0.3) is 0 Å². The summed E-state index contributed by atoms with van der Waals surface area (Å²) in [6.45, 7) is 1.73. The van der Waals surface area contributed by atoms with Crippen molar-refractivity contribution in [3.63, 3.8) is 0 Å². The zero-order valence-corrected chi connectivity index (χ0v) is 11.5. The van der Waals surface area contributed by atoms with Crippen LogP contribution in [0.2, 0.25) is 10.0 Å². The quantitative estimate of drug-likeness (QED) is 0.894. The number of H-pyrrole nitrogens is 1. The van der Waals surface area contributed by atoms with Gasteiger partial charge in [-0.15, -0.1) is 0 Å². The molecular formula is C13H10Cl2N2O2. The molecule has 6 heteroatoms. The van der Waals surface area contributed by atoms with Crippen molar-refractivity contribution in [2.24, 2.45) is 0 Å². The molecule has 0 aliphatic rings. The van der Waals surface area contributed by atoms with Crippen LogP contribution in [-0.2, 0) is 0 Å². The van der Waals surface area contributed by atoms with Crippen molar-refractivity contribution in [1.29, 1.82) is 0 Å². The van der Waals surface area contributed by atoms with Gasteiger partial charge in [0.15, 0.2) is 5.43 Å². The van der Waals surface area contributed by atoms with Crippen molar-refractivity contribution in [3.05, 3.63) is 62.0 Å². The summed E-state index contributed by atoms with van der Waals surface area (Å²) in [4.78, 5) is 26.5. The molecule has 2 rings (SSSR count). The third kappa shape index (κ3) is 3.16. The van der Waals surface area contributed by atoms with E-state index < -0.39 is 5.91 Å². The van der Waals surface area contributed by atoms with Gasteiger partial charge in [-0.3, -0.25) is 9.59 Å². The fourth-order valence-corrected chi connectivity index (χ4v) is 1.87. The van der Waals surface area contributed by atoms with E-state index in [2.05, 4.69) is 10.3 Å². The molecule has 1 aromatic carbocycles. The van der Waals surface area contributed by atoms with Crippen molar-refractivity contribution < 1.29 is 4.79 Å². The SMILES string of the molecule is Cc1cc(=O)c(C(=O)Nc2cc(Cl)ccc2Cl)c[nH]1. The number of carbonyl (C=O) groups excluding carboxylic acids is 1. The maximum Gasteiger partial charge on any atom is 0.261 e. The van der Waals surface area contributed by atoms with E-state index in [0.29, 0.717) is 21.4 Å². The maximum atomic E-state index is 12.0. The molecule has 98 valence electrons. The average molecular weight is 297 g/mol. The van der Waals surface area contributed by atoms with Crippen molar-refractivity contribution in [2.45, 2.75) is 6.92 Å². The Morgan fingerprint density at radius 1 is 1.26 bits per heavy atom. The van der Waals surface area contributed by atoms with E-state index in [-0.39, 0.29) is 11.0 Å². The average Bonchev–Trinajstić information content (AvgIpc) is 2.33. The summed E-state index contributed by atoms with van der Waals surface area (Å²) in [7, 11) is 0. The van der Waals surface area contributed by atoms with Crippen LogP contribution in [0.15, 0.2) is 35.3 Å². The first-order valence-corrected chi connectivity index (χ1v) is 6.18. The van der Waals surface area contributed by atoms with E-state index in [9.17, 15) is 9.59 Å². The number of rotatable bonds is 2. The largest absolute Gasteiger partial charge is 0.364 e. The second-order valence-electron chi connectivity index (χ2n) is 3.97. The Labute approximate surface area is 119 Å². The molecule has 0 radical (unpaired) electrons. The van der Waals surface area contributed by atoms with Gasteiger partial charge in [0.1, 0.15) is 5.56 Å². The van der Waals surface area contributed by atoms with E-state index >= 15 is 0 Å². The molecule has 0 bridgehead atoms. The number of hydrogen-bond donors (Lipinski definition) is 2. The molecule has 0 saturated heterocycles. The van der Waals surface area contributed by atoms with Gasteiger partial charge in [0.05, 0.1) is 10.7 Å². The van der Waals surface area contributed by atoms with Gasteiger partial charge in [-0.1, -0.05) is 23.2 Å². The van der Waals surface area contributed by atoms with Crippen LogP contribution in [0.3, 0.4) is 0 Å². The van der Waals surface area contributed by atoms with Gasteiger partial charge in [0.2, 0.25) is 0 Å². The molecule has 19 heavy (non-hydrogen) atoms. The molecule has 4 nitrogen and oxygen atoms in total. The third-order valence-corrected chi connectivity index (χ3v) is 3.04. The van der Waals surface area contributed by atoms with Crippen LogP contribution in [0.4, 0.5) is 5.69 Å². The molecule has 0 saturated carbocycles. The molecule has 1 amide bonds. The van der Waals surface area contributed by atoms with Crippen molar-refractivity contribution >= 4 is 34.8 Å². The van der Waals surface area contributed by atoms with Crippen LogP contribution >= 0.6 is 23.2 Å². The minimum atomic E-state index is -0.537. The lowest BCUT2D eigenvalue weighted by Crippen LogP contribution is -2.21. The summed E-state index contributed by atoms with van der Waals surface area (Å²) >= 11 is 11.8. The molecule has 0 aliphatic carbocycles. The van der Waals surface area contributed by atoms with Gasteiger partial charge >= 0.3 is 0 Å². The molecule has 0 spiro atoms. The standard InChI is InChI=1S/C13H10Cl2N2O2/c1-7-4-12(18)9(6-16-7)13(19)17-11-5-8(14)2-3-10(11)15/h2-6H,1H3,(H,16,18)(H,17,19). The van der Waals surface area contributed by atoms with E-state index in [1.54, 1.807) is 19.1 Å². The first-order chi connectivity index (χ1) is 8.97. The molecule has 2 N–H and O–H groups in total. The van der Waals surface area contributed by atoms with Gasteiger partial charge in [0.25, 0.3) is 5.91 Å². The highest BCUT2D eigenvalue weighted by molar-refractivity contribution is 6.35. The molecule has 0 fully saturated rings. The molecule has 1 aromatic heterocycles. The Kier molecular flexibility index (Phi) is 3.93. The maximum absolute atomic E-state index is 12.0. The second kappa shape index (κ2) is 5.47. The summed E-state index contributed by atoms with van der Waals surface area (Å²) in [5.41, 5.74) is 0.704. The third-order valence-electron chi connectivity index (χ3n) is 2.48. The number of amides is 1. The van der Waals surface area contributed by atoms with Crippen LogP contribution in [-0.4, -0.2) is 10.9 Å². The summed E-state index contributed by atoms with van der Waals surface area (Å²) < 4.78 is 0. The second-order valence-corrected chi connectivity index (χ2v) is 4.82. The van der Waals surface area contributed by atoms with Crippen LogP contribution in [0.1, 0.15) is 16.1 Å². The zero-order chi connectivity index (χ0) is 14.0. The van der Waals surface area contributed by atoms with Crippen molar-refractivity contribution in [2.75, 3.05) is 5.32 Å². The minimum absolute atomic E-state index is 0.0154. The molecule has 1 heterocycles. The van der Waals surface area contributed by atoms with Gasteiger partial charge in [-0.2, -0.15) is 0 Å². The Morgan fingerprint density at radius 2 is 2.00 bits per heavy atom. The van der Waals surface area contributed by atoms with Crippen LogP contribution in [0, 0.1) is 6.92 Å². The fraction of sp³-hybridized carbons (Fsp3) is 0.0769. The highest BCUT2D eigenvalue weighted by atomic mass is 35.5. The van der Waals surface area contributed by atoms with E-state index in [1.807, 2.05) is 0 Å². The predicted molar refractivity (Wildman–Crippen MR) is 76.2 cm³/mol. The van der Waals surface area contributed by atoms with Crippen LogP contribution in [0.5, 0.6) is 0 Å².